The minimum atomic E-state index is -0.139. The van der Waals surface area contributed by atoms with E-state index in [1.165, 1.54) is 12.8 Å². The van der Waals surface area contributed by atoms with Crippen molar-refractivity contribution >= 4 is 11.6 Å². The zero-order valence-electron chi connectivity index (χ0n) is 12.3. The number of hydrogen-bond donors (Lipinski definition) is 2. The van der Waals surface area contributed by atoms with Gasteiger partial charge in [0.25, 0.3) is 5.91 Å². The maximum Gasteiger partial charge on any atom is 0.253 e. The Morgan fingerprint density at radius 3 is 3.33 bits per heavy atom. The largest absolute Gasteiger partial charge is 0.397 e. The van der Waals surface area contributed by atoms with E-state index in [9.17, 15) is 4.79 Å². The number of ether oxygens (including phenoxy) is 1. The Labute approximate surface area is 124 Å². The molecular formula is C15H22N4O2. The van der Waals surface area contributed by atoms with Crippen LogP contribution in [0.15, 0.2) is 12.3 Å². The Hall–Kier alpha value is -1.66. The van der Waals surface area contributed by atoms with Crippen molar-refractivity contribution in [3.63, 3.8) is 0 Å². The molecule has 1 aromatic rings. The highest BCUT2D eigenvalue weighted by molar-refractivity contribution is 5.95. The summed E-state index contributed by atoms with van der Waals surface area (Å²) in [5, 5.41) is 2.93. The van der Waals surface area contributed by atoms with Crippen molar-refractivity contribution in [2.45, 2.75) is 31.9 Å². The van der Waals surface area contributed by atoms with Crippen molar-refractivity contribution in [1.29, 1.82) is 0 Å². The molecule has 2 atom stereocenters. The lowest BCUT2D eigenvalue weighted by Gasteiger charge is -2.35. The molecule has 3 heterocycles. The minimum absolute atomic E-state index is 0.0672. The second-order valence-electron chi connectivity index (χ2n) is 5.86. The molecule has 0 aliphatic carbocycles. The second kappa shape index (κ2) is 5.99. The summed E-state index contributed by atoms with van der Waals surface area (Å²) in [7, 11) is 0. The van der Waals surface area contributed by atoms with Crippen LogP contribution in [0.2, 0.25) is 0 Å². The van der Waals surface area contributed by atoms with Gasteiger partial charge in [-0.05, 0) is 32.4 Å². The second-order valence-corrected chi connectivity index (χ2v) is 5.86. The molecule has 1 aromatic heterocycles. The summed E-state index contributed by atoms with van der Waals surface area (Å²) in [6.45, 7) is 5.16. The number of amides is 1. The first-order valence-electron chi connectivity index (χ1n) is 7.49. The first-order valence-corrected chi connectivity index (χ1v) is 7.49. The molecule has 114 valence electrons. The Balaban J connectivity index is 1.55. The van der Waals surface area contributed by atoms with E-state index < -0.39 is 0 Å². The van der Waals surface area contributed by atoms with Crippen LogP contribution in [-0.2, 0) is 4.74 Å². The highest BCUT2D eigenvalue weighted by Gasteiger charge is 2.32. The molecule has 0 radical (unpaired) electrons. The van der Waals surface area contributed by atoms with E-state index in [0.717, 1.165) is 19.7 Å². The van der Waals surface area contributed by atoms with Crippen LogP contribution in [0.1, 0.15) is 28.9 Å². The lowest BCUT2D eigenvalue weighted by molar-refractivity contribution is -0.0461. The van der Waals surface area contributed by atoms with E-state index in [0.29, 0.717) is 29.5 Å². The van der Waals surface area contributed by atoms with Crippen molar-refractivity contribution in [2.24, 2.45) is 0 Å². The van der Waals surface area contributed by atoms with Crippen molar-refractivity contribution in [3.05, 3.63) is 23.5 Å². The third-order valence-corrected chi connectivity index (χ3v) is 4.30. The summed E-state index contributed by atoms with van der Waals surface area (Å²) in [5.41, 5.74) is 7.41. The molecule has 6 nitrogen and oxygen atoms in total. The molecule has 0 saturated carbocycles. The number of nitrogens with two attached hydrogens (primary N) is 1. The van der Waals surface area contributed by atoms with Gasteiger partial charge < -0.3 is 15.8 Å². The van der Waals surface area contributed by atoms with Gasteiger partial charge >= 0.3 is 0 Å². The molecule has 3 rings (SSSR count). The van der Waals surface area contributed by atoms with Gasteiger partial charge in [0.1, 0.15) is 0 Å². The van der Waals surface area contributed by atoms with E-state index in [1.54, 1.807) is 19.2 Å². The zero-order chi connectivity index (χ0) is 14.8. The number of carbonyl (C=O) groups excluding carboxylic acids is 1. The first kappa shape index (κ1) is 14.3. The van der Waals surface area contributed by atoms with Crippen LogP contribution >= 0.6 is 0 Å². The number of aromatic nitrogens is 1. The third-order valence-electron chi connectivity index (χ3n) is 4.30. The third kappa shape index (κ3) is 3.16. The number of morpholine rings is 1. The van der Waals surface area contributed by atoms with Crippen LogP contribution in [0.4, 0.5) is 5.69 Å². The normalized spacial score (nSPS) is 25.6. The molecule has 2 saturated heterocycles. The average molecular weight is 290 g/mol. The fraction of sp³-hybridized carbons (Fsp3) is 0.600. The zero-order valence-corrected chi connectivity index (χ0v) is 12.3. The summed E-state index contributed by atoms with van der Waals surface area (Å²) in [5.74, 6) is -0.139. The van der Waals surface area contributed by atoms with E-state index >= 15 is 0 Å². The monoisotopic (exact) mass is 290 g/mol. The lowest BCUT2D eigenvalue weighted by Crippen LogP contribution is -2.50. The van der Waals surface area contributed by atoms with Gasteiger partial charge in [0.15, 0.2) is 0 Å². The number of nitrogen functional groups attached to an aromatic ring is 1. The summed E-state index contributed by atoms with van der Waals surface area (Å²) < 4.78 is 5.84. The van der Waals surface area contributed by atoms with Crippen LogP contribution < -0.4 is 11.1 Å². The molecule has 0 bridgehead atoms. The van der Waals surface area contributed by atoms with E-state index in [-0.39, 0.29) is 12.0 Å². The van der Waals surface area contributed by atoms with Gasteiger partial charge in [-0.2, -0.15) is 0 Å². The molecule has 0 spiro atoms. The molecule has 2 aliphatic heterocycles. The Morgan fingerprint density at radius 2 is 2.48 bits per heavy atom. The standard InChI is InChI=1S/C15H22N4O2/c1-10-14(5-11(16)6-17-10)15(20)18-7-13-8-19-4-2-3-12(19)9-21-13/h5-6,12-13H,2-4,7-9,16H2,1H3,(H,18,20). The van der Waals surface area contributed by atoms with Crippen molar-refractivity contribution in [3.8, 4) is 0 Å². The number of nitrogens with zero attached hydrogens (tertiary/aromatic N) is 2. The smallest absolute Gasteiger partial charge is 0.253 e. The molecule has 3 N–H and O–H groups in total. The molecular weight excluding hydrogens is 268 g/mol. The van der Waals surface area contributed by atoms with Gasteiger partial charge in [0.2, 0.25) is 0 Å². The number of carbonyl (C=O) groups is 1. The molecule has 2 fully saturated rings. The molecule has 2 unspecified atom stereocenters. The average Bonchev–Trinajstić information content (AvgIpc) is 2.94. The fourth-order valence-electron chi connectivity index (χ4n) is 3.09. The van der Waals surface area contributed by atoms with Crippen LogP contribution in [-0.4, -0.2) is 54.2 Å². The van der Waals surface area contributed by atoms with Crippen LogP contribution in [0.3, 0.4) is 0 Å². The van der Waals surface area contributed by atoms with Crippen molar-refractivity contribution in [2.75, 3.05) is 32.0 Å². The van der Waals surface area contributed by atoms with Gasteiger partial charge in [0.05, 0.1) is 35.9 Å². The summed E-state index contributed by atoms with van der Waals surface area (Å²) >= 11 is 0. The molecule has 0 aromatic carbocycles. The van der Waals surface area contributed by atoms with E-state index in [2.05, 4.69) is 15.2 Å². The Kier molecular flexibility index (Phi) is 4.07. The number of anilines is 1. The predicted octanol–water partition coefficient (Wildman–Crippen LogP) is 0.565. The Bertz CT molecular complexity index is 534. The Morgan fingerprint density at radius 1 is 1.62 bits per heavy atom. The van der Waals surface area contributed by atoms with Gasteiger partial charge in [-0.1, -0.05) is 0 Å². The fourth-order valence-corrected chi connectivity index (χ4v) is 3.09. The summed E-state index contributed by atoms with van der Waals surface area (Å²) in [4.78, 5) is 18.8. The number of pyridine rings is 1. The number of nitrogens with one attached hydrogen (secondary N) is 1. The van der Waals surface area contributed by atoms with Crippen LogP contribution in [0.25, 0.3) is 0 Å². The SMILES string of the molecule is Cc1ncc(N)cc1C(=O)NCC1CN2CCCC2CO1. The van der Waals surface area contributed by atoms with E-state index in [1.807, 2.05) is 0 Å². The van der Waals surface area contributed by atoms with Crippen molar-refractivity contribution in [1.82, 2.24) is 15.2 Å². The predicted molar refractivity (Wildman–Crippen MR) is 80.1 cm³/mol. The first-order chi connectivity index (χ1) is 10.1. The van der Waals surface area contributed by atoms with Gasteiger partial charge in [-0.25, -0.2) is 0 Å². The quantitative estimate of drug-likeness (QED) is 0.850. The lowest BCUT2D eigenvalue weighted by atomic mass is 10.1. The molecule has 1 amide bonds. The summed E-state index contributed by atoms with van der Waals surface area (Å²) in [6.07, 6.45) is 4.11. The highest BCUT2D eigenvalue weighted by Crippen LogP contribution is 2.22. The maximum atomic E-state index is 12.2. The van der Waals surface area contributed by atoms with Crippen LogP contribution in [0.5, 0.6) is 0 Å². The maximum absolute atomic E-state index is 12.2. The van der Waals surface area contributed by atoms with Gasteiger partial charge in [0, 0.05) is 19.1 Å². The molecule has 2 aliphatic rings. The van der Waals surface area contributed by atoms with Gasteiger partial charge in [-0.3, -0.25) is 14.7 Å². The molecule has 6 heteroatoms. The molecule has 21 heavy (non-hydrogen) atoms. The van der Waals surface area contributed by atoms with Gasteiger partial charge in [-0.15, -0.1) is 0 Å². The number of fused-ring (bicyclic) bond motifs is 1. The topological polar surface area (TPSA) is 80.5 Å². The number of hydrogen-bond acceptors (Lipinski definition) is 5. The van der Waals surface area contributed by atoms with Crippen LogP contribution in [0, 0.1) is 6.92 Å². The highest BCUT2D eigenvalue weighted by atomic mass is 16.5. The number of rotatable bonds is 3. The minimum Gasteiger partial charge on any atom is -0.397 e. The van der Waals surface area contributed by atoms with Crippen molar-refractivity contribution < 1.29 is 9.53 Å². The van der Waals surface area contributed by atoms with E-state index in [4.69, 9.17) is 10.5 Å². The number of aryl methyl sites for hydroxylation is 1. The summed E-state index contributed by atoms with van der Waals surface area (Å²) in [6, 6.07) is 2.24.